The predicted molar refractivity (Wildman–Crippen MR) is 20.5 cm³/mol. The summed E-state index contributed by atoms with van der Waals surface area (Å²) in [5.41, 5.74) is 0. The summed E-state index contributed by atoms with van der Waals surface area (Å²) >= 11 is 0. The molecule has 0 aromatic rings. The third kappa shape index (κ3) is 8.87. The van der Waals surface area contributed by atoms with E-state index in [1.807, 2.05) is 0 Å². The van der Waals surface area contributed by atoms with E-state index in [0.717, 1.165) is 0 Å². The molecule has 0 amide bonds. The van der Waals surface area contributed by atoms with Crippen molar-refractivity contribution in [2.24, 2.45) is 0 Å². The van der Waals surface area contributed by atoms with E-state index in [9.17, 15) is 0 Å². The van der Waals surface area contributed by atoms with Gasteiger partial charge in [0.1, 0.15) is 0 Å². The zero-order chi connectivity index (χ0) is 0. The second-order valence-electron chi connectivity index (χ2n) is 0. The first-order chi connectivity index (χ1) is 0. The Morgan fingerprint density at radius 3 is 1.00 bits per heavy atom. The maximum atomic E-state index is 0. The van der Waals surface area contributed by atoms with Gasteiger partial charge in [-0.3, -0.25) is 0 Å². The summed E-state index contributed by atoms with van der Waals surface area (Å²) in [6.45, 7) is 0. The third-order valence-electron chi connectivity index (χ3n) is 0. The minimum atomic E-state index is 0. The Hall–Kier alpha value is 2.94. The summed E-state index contributed by atoms with van der Waals surface area (Å²) in [5, 5.41) is 0. The molecule has 0 N–H and O–H groups in total. The number of hydrogen-bond acceptors (Lipinski definition) is 0. The standard InChI is InChI=1S/C.Al.K.Mg. The first kappa shape index (κ1) is 28.4. The van der Waals surface area contributed by atoms with Gasteiger partial charge in [-0.15, -0.1) is 0 Å². The summed E-state index contributed by atoms with van der Waals surface area (Å²) in [6.07, 6.45) is 0. The molecule has 10 radical (unpaired) electrons. The third-order valence-corrected chi connectivity index (χ3v) is 0. The van der Waals surface area contributed by atoms with Crippen molar-refractivity contribution in [1.82, 2.24) is 0 Å². The molecule has 0 spiro atoms. The monoisotopic (exact) mass is 102 g/mol. The molecule has 0 rings (SSSR count). The summed E-state index contributed by atoms with van der Waals surface area (Å²) in [4.78, 5) is 0. The van der Waals surface area contributed by atoms with Gasteiger partial charge in [0, 0.05) is 99.2 Å². The Balaban J connectivity index is 0. The zero-order valence-corrected chi connectivity index (χ0v) is 8.48. The molecule has 0 saturated heterocycles. The van der Waals surface area contributed by atoms with Gasteiger partial charge in [-0.1, -0.05) is 0 Å². The summed E-state index contributed by atoms with van der Waals surface area (Å²) in [6, 6.07) is 0. The van der Waals surface area contributed by atoms with E-state index in [0.29, 0.717) is 0 Å². The summed E-state index contributed by atoms with van der Waals surface area (Å²) in [7, 11) is 0. The number of hydrogen-bond donors (Lipinski definition) is 0. The minimum Gasteiger partial charge on any atom is 0 e. The van der Waals surface area contributed by atoms with Crippen LogP contribution in [0.15, 0.2) is 0 Å². The van der Waals surface area contributed by atoms with E-state index in [-0.39, 0.29) is 99.2 Å². The summed E-state index contributed by atoms with van der Waals surface area (Å²) in [5.74, 6) is 0. The van der Waals surface area contributed by atoms with Crippen LogP contribution in [0.5, 0.6) is 0 Å². The molecule has 0 fully saturated rings. The van der Waals surface area contributed by atoms with Gasteiger partial charge in [0.2, 0.25) is 0 Å². The van der Waals surface area contributed by atoms with Crippen LogP contribution >= 0.6 is 0 Å². The van der Waals surface area contributed by atoms with Crippen LogP contribution in [-0.4, -0.2) is 91.8 Å². The van der Waals surface area contributed by atoms with E-state index in [2.05, 4.69) is 0 Å². The Morgan fingerprint density at radius 2 is 1.00 bits per heavy atom. The van der Waals surface area contributed by atoms with Gasteiger partial charge in [-0.2, -0.15) is 0 Å². The molecule has 0 aromatic carbocycles. The van der Waals surface area contributed by atoms with Crippen LogP contribution in [0, 0.1) is 7.43 Å². The first-order valence-electron chi connectivity index (χ1n) is 0. The molecule has 0 heterocycles. The average molecular weight is 102 g/mol. The van der Waals surface area contributed by atoms with Crippen molar-refractivity contribution in [1.29, 1.82) is 0 Å². The van der Waals surface area contributed by atoms with Crippen LogP contribution in [-0.2, 0) is 0 Å². The molecule has 0 aromatic heterocycles. The molecule has 0 unspecified atom stereocenters. The molecule has 0 saturated carbocycles. The fourth-order valence-electron chi connectivity index (χ4n) is 0. The van der Waals surface area contributed by atoms with Crippen molar-refractivity contribution < 1.29 is 0 Å². The number of rotatable bonds is 0. The Labute approximate surface area is 96.8 Å². The molecule has 0 atom stereocenters. The largest absolute Gasteiger partial charge is 0 e. The Morgan fingerprint density at radius 1 is 1.00 bits per heavy atom. The SMILES string of the molecule is [Al].[C].[K].[Mg]. The van der Waals surface area contributed by atoms with Gasteiger partial charge >= 0.3 is 0 Å². The fraction of sp³-hybridized carbons (Fsp3) is 0. The fourth-order valence-corrected chi connectivity index (χ4v) is 0. The van der Waals surface area contributed by atoms with E-state index in [4.69, 9.17) is 0 Å². The molecule has 3 heteroatoms. The quantitative estimate of drug-likeness (QED) is 0.342. The molecule has 0 bridgehead atoms. The molecular formula is CAlKMg. The van der Waals surface area contributed by atoms with Crippen LogP contribution in [0.1, 0.15) is 0 Å². The van der Waals surface area contributed by atoms with Crippen LogP contribution in [0.3, 0.4) is 0 Å². The second kappa shape index (κ2) is 16.8. The van der Waals surface area contributed by atoms with Crippen molar-refractivity contribution in [3.63, 3.8) is 0 Å². The normalized spacial score (nSPS) is 0. The van der Waals surface area contributed by atoms with Crippen molar-refractivity contribution in [3.8, 4) is 0 Å². The maximum Gasteiger partial charge on any atom is 0 e. The molecule has 0 nitrogen and oxygen atoms in total. The summed E-state index contributed by atoms with van der Waals surface area (Å²) < 4.78 is 0. The average Bonchev–Trinajstić information content (AvgIpc) is 0. The topological polar surface area (TPSA) is 0 Å². The van der Waals surface area contributed by atoms with E-state index >= 15 is 0 Å². The molecule has 10 valence electrons. The van der Waals surface area contributed by atoms with Crippen molar-refractivity contribution in [3.05, 3.63) is 7.43 Å². The molecule has 4 heavy (non-hydrogen) atoms. The van der Waals surface area contributed by atoms with Crippen LogP contribution in [0.4, 0.5) is 0 Å². The van der Waals surface area contributed by atoms with Gasteiger partial charge < -0.3 is 0 Å². The molecular weight excluding hydrogens is 102 g/mol. The van der Waals surface area contributed by atoms with Gasteiger partial charge in [-0.25, -0.2) is 0 Å². The van der Waals surface area contributed by atoms with Crippen LogP contribution in [0.2, 0.25) is 0 Å². The van der Waals surface area contributed by atoms with Crippen molar-refractivity contribution in [2.75, 3.05) is 0 Å². The minimum absolute atomic E-state index is 0. The maximum absolute atomic E-state index is 0. The van der Waals surface area contributed by atoms with E-state index in [1.165, 1.54) is 0 Å². The van der Waals surface area contributed by atoms with E-state index in [1.54, 1.807) is 0 Å². The van der Waals surface area contributed by atoms with Crippen LogP contribution in [0.25, 0.3) is 0 Å². The van der Waals surface area contributed by atoms with E-state index < -0.39 is 0 Å². The van der Waals surface area contributed by atoms with Gasteiger partial charge in [0.25, 0.3) is 0 Å². The zero-order valence-electron chi connectivity index (χ0n) is 2.78. The Bertz CT molecular complexity index is 8.00. The smallest absolute Gasteiger partial charge is 0 e. The van der Waals surface area contributed by atoms with Crippen molar-refractivity contribution in [2.45, 2.75) is 0 Å². The first-order valence-corrected chi connectivity index (χ1v) is 0. The van der Waals surface area contributed by atoms with Gasteiger partial charge in [0.05, 0.1) is 0 Å². The predicted octanol–water partition coefficient (Wildman–Crippen LogP) is -1.06. The van der Waals surface area contributed by atoms with Crippen LogP contribution < -0.4 is 0 Å². The molecule has 0 aliphatic heterocycles. The molecule has 0 aliphatic carbocycles. The molecule has 0 aliphatic rings. The second-order valence-corrected chi connectivity index (χ2v) is 0. The van der Waals surface area contributed by atoms with Crippen molar-refractivity contribution >= 4 is 91.8 Å². The van der Waals surface area contributed by atoms with Gasteiger partial charge in [0.15, 0.2) is 0 Å². The van der Waals surface area contributed by atoms with Gasteiger partial charge in [-0.05, 0) is 0 Å². The Kier molecular flexibility index (Phi) is 119.